The van der Waals surface area contributed by atoms with E-state index in [-0.39, 0.29) is 22.3 Å². The van der Waals surface area contributed by atoms with Crippen LogP contribution in [0.2, 0.25) is 0 Å². The van der Waals surface area contributed by atoms with Crippen molar-refractivity contribution in [2.45, 2.75) is 53.7 Å². The number of hydrogen-bond acceptors (Lipinski definition) is 12. The number of amides is 3. The normalized spacial score (nSPS) is 23.6. The van der Waals surface area contributed by atoms with Crippen molar-refractivity contribution in [1.82, 2.24) is 15.2 Å². The minimum atomic E-state index is -1.87. The first-order chi connectivity index (χ1) is 17.6. The van der Waals surface area contributed by atoms with Crippen molar-refractivity contribution >= 4 is 92.6 Å². The number of oxime groups is 1. The fraction of sp³-hybridized carbons (Fsp3) is 0.600. The highest BCUT2D eigenvalue weighted by Gasteiger charge is 2.58. The number of anilines is 1. The summed E-state index contributed by atoms with van der Waals surface area (Å²) in [7, 11) is 1.22. The van der Waals surface area contributed by atoms with Crippen LogP contribution in [0.5, 0.6) is 0 Å². The van der Waals surface area contributed by atoms with Gasteiger partial charge in [0, 0.05) is 11.1 Å². The third-order valence-electron chi connectivity index (χ3n) is 4.84. The van der Waals surface area contributed by atoms with Crippen LogP contribution < -0.4 is 10.6 Å². The highest BCUT2D eigenvalue weighted by molar-refractivity contribution is 8.00. The monoisotopic (exact) mass is 631 g/mol. The lowest BCUT2D eigenvalue weighted by molar-refractivity contribution is -0.170. The van der Waals surface area contributed by atoms with Crippen molar-refractivity contribution in [2.24, 2.45) is 5.16 Å². The van der Waals surface area contributed by atoms with Crippen molar-refractivity contribution in [3.05, 3.63) is 11.1 Å². The molecule has 3 rings (SSSR count). The second kappa shape index (κ2) is 12.0. The number of ether oxygens (including phenoxy) is 2. The van der Waals surface area contributed by atoms with Crippen LogP contribution in [0.4, 0.5) is 9.93 Å². The van der Waals surface area contributed by atoms with E-state index < -0.39 is 63.4 Å². The van der Waals surface area contributed by atoms with Gasteiger partial charge in [-0.3, -0.25) is 14.9 Å². The smallest absolute Gasteiger partial charge is 0.413 e. The highest BCUT2D eigenvalue weighted by Crippen LogP contribution is 2.39. The molecule has 2 aliphatic rings. The van der Waals surface area contributed by atoms with Crippen molar-refractivity contribution < 1.29 is 38.6 Å². The molecule has 2 unspecified atom stereocenters. The number of aliphatic hydroxyl groups is 1. The lowest BCUT2D eigenvalue weighted by Crippen LogP contribution is -2.77. The summed E-state index contributed by atoms with van der Waals surface area (Å²) in [6, 6.07) is -2.37. The Morgan fingerprint density at radius 2 is 1.97 bits per heavy atom. The average Bonchev–Trinajstić information content (AvgIpc) is 3.25. The molecule has 0 aromatic carbocycles. The molecule has 3 heterocycles. The third kappa shape index (κ3) is 7.54. The number of carbonyl (C=O) groups is 4. The van der Waals surface area contributed by atoms with E-state index in [0.717, 1.165) is 28.0 Å². The largest absolute Gasteiger partial charge is 0.460 e. The predicted octanol–water partition coefficient (Wildman–Crippen LogP) is 1.88. The molecule has 18 heteroatoms. The molecule has 0 saturated carbocycles. The van der Waals surface area contributed by atoms with Gasteiger partial charge in [0.2, 0.25) is 9.70 Å². The Morgan fingerprint density at radius 1 is 1.29 bits per heavy atom. The van der Waals surface area contributed by atoms with Gasteiger partial charge in [0.1, 0.15) is 36.4 Å². The fourth-order valence-electron chi connectivity index (χ4n) is 3.41. The lowest BCUT2D eigenvalue weighted by Gasteiger charge is -2.53. The number of hydrogen-bond donors (Lipinski definition) is 3. The zero-order valence-electron chi connectivity index (χ0n) is 20.4. The number of halogens is 3. The molecule has 3 amide bonds. The summed E-state index contributed by atoms with van der Waals surface area (Å²) in [5, 5.41) is 20.0. The number of carbonyl (C=O) groups excluding carboxylic acids is 4. The van der Waals surface area contributed by atoms with Crippen LogP contribution >= 0.6 is 57.9 Å². The summed E-state index contributed by atoms with van der Waals surface area (Å²) in [5.74, 6) is -2.28. The molecule has 0 radical (unpaired) electrons. The van der Waals surface area contributed by atoms with E-state index in [1.165, 1.54) is 12.5 Å². The summed E-state index contributed by atoms with van der Waals surface area (Å²) < 4.78 is 8.26. The quantitative estimate of drug-likeness (QED) is 0.133. The van der Waals surface area contributed by atoms with E-state index >= 15 is 0 Å². The van der Waals surface area contributed by atoms with Crippen molar-refractivity contribution in [3.8, 4) is 0 Å². The second-order valence-electron chi connectivity index (χ2n) is 8.94. The van der Waals surface area contributed by atoms with Crippen LogP contribution in [0.25, 0.3) is 0 Å². The van der Waals surface area contributed by atoms with E-state index in [1.54, 1.807) is 20.8 Å². The maximum atomic E-state index is 13.0. The van der Waals surface area contributed by atoms with Crippen LogP contribution in [0.3, 0.4) is 0 Å². The lowest BCUT2D eigenvalue weighted by atomic mass is 9.99. The topological polar surface area (TPSA) is 169 Å². The molecule has 0 bridgehead atoms. The van der Waals surface area contributed by atoms with Gasteiger partial charge in [-0.05, 0) is 20.8 Å². The van der Waals surface area contributed by atoms with Gasteiger partial charge in [0.05, 0.1) is 6.10 Å². The summed E-state index contributed by atoms with van der Waals surface area (Å²) >= 11 is 19.0. The van der Waals surface area contributed by atoms with Gasteiger partial charge in [-0.15, -0.1) is 23.1 Å². The van der Waals surface area contributed by atoms with E-state index in [0.29, 0.717) is 0 Å². The van der Waals surface area contributed by atoms with Gasteiger partial charge >= 0.3 is 12.1 Å². The van der Waals surface area contributed by atoms with Gasteiger partial charge in [-0.2, -0.15) is 0 Å². The first kappa shape index (κ1) is 30.5. The molecule has 2 fully saturated rings. The number of nitrogens with one attached hydrogen (secondary N) is 2. The zero-order valence-corrected chi connectivity index (χ0v) is 24.3. The molecule has 1 aromatic heterocycles. The number of esters is 1. The minimum Gasteiger partial charge on any atom is -0.460 e. The standard InChI is InChI=1S/C20H24Cl3N5O8S2/c1-19(2,3)36-18(33)26-17-24-8(5-38-17)10(27-34-4)13(30)25-11-14(31)28-12(9(29)6-37-15(11)28)16(32)35-7-20(21,22)23/h5,9,11-12,15,29H,6-7H2,1-4H3,(H,25,30)(H,24,26,33)/t9?,11-,12?,15-/m1/s1. The van der Waals surface area contributed by atoms with E-state index in [4.69, 9.17) is 49.1 Å². The predicted molar refractivity (Wildman–Crippen MR) is 142 cm³/mol. The molecule has 13 nitrogen and oxygen atoms in total. The molecule has 0 aliphatic carbocycles. The SMILES string of the molecule is CON=C(C(=O)N[C@@H]1C(=O)N2C(C(=O)OCC(Cl)(Cl)Cl)C(O)CS[C@H]12)c1csc(NC(=O)OC(C)(C)C)n1. The maximum absolute atomic E-state index is 13.0. The van der Waals surface area contributed by atoms with E-state index in [9.17, 15) is 24.3 Å². The Morgan fingerprint density at radius 3 is 2.58 bits per heavy atom. The Labute approximate surface area is 240 Å². The number of thiazole rings is 1. The van der Waals surface area contributed by atoms with Crippen LogP contribution in [-0.4, -0.2) is 97.0 Å². The molecule has 2 saturated heterocycles. The number of β-lactam (4-membered cyclic amide) rings is 1. The third-order valence-corrected chi connectivity index (χ3v) is 7.30. The van der Waals surface area contributed by atoms with E-state index in [1.807, 2.05) is 0 Å². The summed E-state index contributed by atoms with van der Waals surface area (Å²) in [6.07, 6.45) is -1.96. The maximum Gasteiger partial charge on any atom is 0.413 e. The number of nitrogens with zero attached hydrogens (tertiary/aromatic N) is 3. The summed E-state index contributed by atoms with van der Waals surface area (Å²) in [6.45, 7) is 4.54. The molecule has 4 atom stereocenters. The Bertz CT molecular complexity index is 1120. The highest BCUT2D eigenvalue weighted by atomic mass is 35.6. The van der Waals surface area contributed by atoms with Gasteiger partial charge in [-0.25, -0.2) is 14.6 Å². The van der Waals surface area contributed by atoms with Crippen LogP contribution in [0, 0.1) is 0 Å². The van der Waals surface area contributed by atoms with Crippen LogP contribution in [0.15, 0.2) is 10.5 Å². The number of fused-ring (bicyclic) bond motifs is 1. The minimum absolute atomic E-state index is 0.0731. The molecule has 0 spiro atoms. The number of aromatic nitrogens is 1. The first-order valence-electron chi connectivity index (χ1n) is 10.8. The molecule has 3 N–H and O–H groups in total. The number of aliphatic hydroxyl groups excluding tert-OH is 1. The molecule has 38 heavy (non-hydrogen) atoms. The molecule has 2 aliphatic heterocycles. The Hall–Kier alpha value is -2.04. The summed E-state index contributed by atoms with van der Waals surface area (Å²) in [4.78, 5) is 60.5. The molecule has 210 valence electrons. The number of thioether (sulfide) groups is 1. The second-order valence-corrected chi connectivity index (χ2v) is 13.5. The Balaban J connectivity index is 1.68. The van der Waals surface area contributed by atoms with Gasteiger partial charge in [-0.1, -0.05) is 40.0 Å². The molecular formula is C20H24Cl3N5O8S2. The Kier molecular flexibility index (Phi) is 9.63. The molecule has 1 aromatic rings. The van der Waals surface area contributed by atoms with Gasteiger partial charge in [0.15, 0.2) is 16.9 Å². The van der Waals surface area contributed by atoms with Gasteiger partial charge < -0.3 is 29.6 Å². The van der Waals surface area contributed by atoms with E-state index in [2.05, 4.69) is 20.8 Å². The first-order valence-corrected chi connectivity index (χ1v) is 13.9. The number of alkyl halides is 3. The van der Waals surface area contributed by atoms with Crippen LogP contribution in [-0.2, 0) is 28.7 Å². The van der Waals surface area contributed by atoms with Crippen molar-refractivity contribution in [2.75, 3.05) is 24.8 Å². The summed E-state index contributed by atoms with van der Waals surface area (Å²) in [5.41, 5.74) is -0.905. The average molecular weight is 633 g/mol. The van der Waals surface area contributed by atoms with Crippen LogP contribution in [0.1, 0.15) is 26.5 Å². The zero-order chi connectivity index (χ0) is 28.4. The molecular weight excluding hydrogens is 609 g/mol. The fourth-order valence-corrected chi connectivity index (χ4v) is 5.60. The van der Waals surface area contributed by atoms with Crippen molar-refractivity contribution in [1.29, 1.82) is 0 Å². The number of rotatable bonds is 7. The van der Waals surface area contributed by atoms with Crippen molar-refractivity contribution in [3.63, 3.8) is 0 Å². The van der Waals surface area contributed by atoms with Gasteiger partial charge in [0.25, 0.3) is 5.91 Å².